The van der Waals surface area contributed by atoms with Crippen LogP contribution in [0.2, 0.25) is 0 Å². The molecule has 1 aromatic heterocycles. The predicted octanol–water partition coefficient (Wildman–Crippen LogP) is 3.60. The van der Waals surface area contributed by atoms with Gasteiger partial charge in [-0.2, -0.15) is 0 Å². The zero-order valence-electron chi connectivity index (χ0n) is 14.8. The Hall–Kier alpha value is -2.40. The number of hydrogen-bond acceptors (Lipinski definition) is 4. The average Bonchev–Trinajstić information content (AvgIpc) is 3.15. The monoisotopic (exact) mass is 339 g/mol. The molecule has 132 valence electrons. The molecule has 1 amide bonds. The van der Waals surface area contributed by atoms with Crippen LogP contribution in [0.3, 0.4) is 0 Å². The van der Waals surface area contributed by atoms with Gasteiger partial charge in [0.05, 0.1) is 18.0 Å². The normalized spacial score (nSPS) is 16.6. The molecule has 1 unspecified atom stereocenters. The highest BCUT2D eigenvalue weighted by Gasteiger charge is 2.17. The topological polar surface area (TPSA) is 63.2 Å². The summed E-state index contributed by atoms with van der Waals surface area (Å²) in [6.07, 6.45) is 4.87. The molecule has 1 aliphatic rings. The lowest BCUT2D eigenvalue weighted by molar-refractivity contribution is 0.0854. The van der Waals surface area contributed by atoms with Crippen LogP contribution in [0, 0.1) is 6.92 Å². The van der Waals surface area contributed by atoms with Gasteiger partial charge in [0.1, 0.15) is 5.69 Å². The molecule has 1 fully saturated rings. The van der Waals surface area contributed by atoms with Crippen LogP contribution in [0.4, 0.5) is 11.4 Å². The number of carbonyl (C=O) groups is 1. The molecule has 0 aliphatic carbocycles. The number of benzene rings is 1. The van der Waals surface area contributed by atoms with Crippen LogP contribution in [-0.2, 0) is 11.2 Å². The smallest absolute Gasteiger partial charge is 0.269 e. The van der Waals surface area contributed by atoms with Gasteiger partial charge < -0.3 is 15.4 Å². The molecule has 25 heavy (non-hydrogen) atoms. The number of amides is 1. The van der Waals surface area contributed by atoms with E-state index in [1.165, 1.54) is 11.1 Å². The van der Waals surface area contributed by atoms with Crippen LogP contribution in [0.1, 0.15) is 41.4 Å². The SMILES string of the molecule is CCc1cccc(C)c1Nc1ccc(C(=O)NCC2CCCO2)nc1. The Morgan fingerprint density at radius 2 is 2.20 bits per heavy atom. The molecule has 1 aliphatic heterocycles. The van der Waals surface area contributed by atoms with Crippen molar-refractivity contribution in [3.05, 3.63) is 53.3 Å². The second-order valence-electron chi connectivity index (χ2n) is 6.36. The Morgan fingerprint density at radius 1 is 1.32 bits per heavy atom. The van der Waals surface area contributed by atoms with Gasteiger partial charge in [-0.05, 0) is 49.4 Å². The standard InChI is InChI=1S/C20H25N3O2/c1-3-15-7-4-6-14(2)19(15)23-16-9-10-18(21-12-16)20(24)22-13-17-8-5-11-25-17/h4,6-7,9-10,12,17,23H,3,5,8,11,13H2,1-2H3,(H,22,24). The predicted molar refractivity (Wildman–Crippen MR) is 99.4 cm³/mol. The zero-order valence-corrected chi connectivity index (χ0v) is 14.8. The Morgan fingerprint density at radius 3 is 2.88 bits per heavy atom. The summed E-state index contributed by atoms with van der Waals surface area (Å²) >= 11 is 0. The van der Waals surface area contributed by atoms with Crippen molar-refractivity contribution in [2.75, 3.05) is 18.5 Å². The molecule has 2 N–H and O–H groups in total. The van der Waals surface area contributed by atoms with E-state index in [0.717, 1.165) is 37.2 Å². The fourth-order valence-corrected chi connectivity index (χ4v) is 3.05. The lowest BCUT2D eigenvalue weighted by Gasteiger charge is -2.14. The summed E-state index contributed by atoms with van der Waals surface area (Å²) in [5.74, 6) is -0.160. The minimum atomic E-state index is -0.160. The molecule has 0 radical (unpaired) electrons. The zero-order chi connectivity index (χ0) is 17.6. The van der Waals surface area contributed by atoms with Gasteiger partial charge >= 0.3 is 0 Å². The summed E-state index contributed by atoms with van der Waals surface area (Å²) in [6.45, 7) is 5.56. The molecule has 0 spiro atoms. The Balaban J connectivity index is 1.63. The number of aryl methyl sites for hydroxylation is 2. The second kappa shape index (κ2) is 8.12. The van der Waals surface area contributed by atoms with Crippen LogP contribution >= 0.6 is 0 Å². The van der Waals surface area contributed by atoms with Crippen molar-refractivity contribution in [1.29, 1.82) is 0 Å². The van der Waals surface area contributed by atoms with Gasteiger partial charge in [0.2, 0.25) is 0 Å². The number of carbonyl (C=O) groups excluding carboxylic acids is 1. The summed E-state index contributed by atoms with van der Waals surface area (Å²) in [5, 5.41) is 6.31. The minimum absolute atomic E-state index is 0.137. The number of para-hydroxylation sites is 1. The van der Waals surface area contributed by atoms with E-state index in [-0.39, 0.29) is 12.0 Å². The van der Waals surface area contributed by atoms with Gasteiger partial charge in [0.25, 0.3) is 5.91 Å². The molecular weight excluding hydrogens is 314 g/mol. The molecular formula is C20H25N3O2. The highest BCUT2D eigenvalue weighted by atomic mass is 16.5. The number of ether oxygens (including phenoxy) is 1. The van der Waals surface area contributed by atoms with Crippen molar-refractivity contribution < 1.29 is 9.53 Å². The van der Waals surface area contributed by atoms with E-state index in [0.29, 0.717) is 12.2 Å². The molecule has 2 heterocycles. The van der Waals surface area contributed by atoms with E-state index in [1.54, 1.807) is 12.3 Å². The van der Waals surface area contributed by atoms with E-state index in [4.69, 9.17) is 4.74 Å². The van der Waals surface area contributed by atoms with Crippen molar-refractivity contribution in [3.63, 3.8) is 0 Å². The largest absolute Gasteiger partial charge is 0.376 e. The summed E-state index contributed by atoms with van der Waals surface area (Å²) in [7, 11) is 0. The van der Waals surface area contributed by atoms with Crippen LogP contribution < -0.4 is 10.6 Å². The van der Waals surface area contributed by atoms with E-state index in [2.05, 4.69) is 47.7 Å². The number of pyridine rings is 1. The molecule has 5 nitrogen and oxygen atoms in total. The molecule has 0 saturated carbocycles. The Kier molecular flexibility index (Phi) is 5.66. The highest BCUT2D eigenvalue weighted by Crippen LogP contribution is 2.25. The average molecular weight is 339 g/mol. The fourth-order valence-electron chi connectivity index (χ4n) is 3.05. The van der Waals surface area contributed by atoms with Crippen LogP contribution in [0.5, 0.6) is 0 Å². The number of nitrogens with zero attached hydrogens (tertiary/aromatic N) is 1. The summed E-state index contributed by atoms with van der Waals surface area (Å²) in [4.78, 5) is 16.5. The molecule has 2 aromatic rings. The third-order valence-electron chi connectivity index (χ3n) is 4.52. The Bertz CT molecular complexity index is 722. The van der Waals surface area contributed by atoms with Crippen molar-refractivity contribution in [2.24, 2.45) is 0 Å². The van der Waals surface area contributed by atoms with Crippen molar-refractivity contribution in [3.8, 4) is 0 Å². The molecule has 1 aromatic carbocycles. The summed E-state index contributed by atoms with van der Waals surface area (Å²) in [5.41, 5.74) is 4.86. The maximum atomic E-state index is 12.2. The lowest BCUT2D eigenvalue weighted by Crippen LogP contribution is -2.32. The first-order valence-corrected chi connectivity index (χ1v) is 8.88. The number of nitrogens with one attached hydrogen (secondary N) is 2. The van der Waals surface area contributed by atoms with E-state index >= 15 is 0 Å². The van der Waals surface area contributed by atoms with Gasteiger partial charge in [0.15, 0.2) is 0 Å². The van der Waals surface area contributed by atoms with Gasteiger partial charge in [-0.3, -0.25) is 4.79 Å². The number of anilines is 2. The van der Waals surface area contributed by atoms with Crippen LogP contribution in [0.15, 0.2) is 36.5 Å². The third kappa shape index (κ3) is 4.37. The quantitative estimate of drug-likeness (QED) is 0.844. The molecule has 3 rings (SSSR count). The number of rotatable bonds is 6. The fraction of sp³-hybridized carbons (Fsp3) is 0.400. The van der Waals surface area contributed by atoms with E-state index in [1.807, 2.05) is 6.07 Å². The van der Waals surface area contributed by atoms with Crippen LogP contribution in [-0.4, -0.2) is 30.1 Å². The van der Waals surface area contributed by atoms with Crippen molar-refractivity contribution in [1.82, 2.24) is 10.3 Å². The lowest BCUT2D eigenvalue weighted by atomic mass is 10.1. The van der Waals surface area contributed by atoms with E-state index in [9.17, 15) is 4.79 Å². The molecule has 5 heteroatoms. The maximum absolute atomic E-state index is 12.2. The maximum Gasteiger partial charge on any atom is 0.269 e. The van der Waals surface area contributed by atoms with Crippen molar-refractivity contribution in [2.45, 2.75) is 39.2 Å². The van der Waals surface area contributed by atoms with Gasteiger partial charge in [-0.1, -0.05) is 25.1 Å². The number of aromatic nitrogens is 1. The van der Waals surface area contributed by atoms with Crippen LogP contribution in [0.25, 0.3) is 0 Å². The molecule has 1 saturated heterocycles. The third-order valence-corrected chi connectivity index (χ3v) is 4.52. The Labute approximate surface area is 148 Å². The summed E-state index contributed by atoms with van der Waals surface area (Å²) < 4.78 is 5.51. The first-order chi connectivity index (χ1) is 12.2. The van der Waals surface area contributed by atoms with Gasteiger partial charge in [0, 0.05) is 18.8 Å². The van der Waals surface area contributed by atoms with Gasteiger partial charge in [-0.15, -0.1) is 0 Å². The second-order valence-corrected chi connectivity index (χ2v) is 6.36. The summed E-state index contributed by atoms with van der Waals surface area (Å²) in [6, 6.07) is 9.91. The molecule has 1 atom stereocenters. The first kappa shape index (κ1) is 17.4. The minimum Gasteiger partial charge on any atom is -0.376 e. The number of hydrogen-bond donors (Lipinski definition) is 2. The van der Waals surface area contributed by atoms with Gasteiger partial charge in [-0.25, -0.2) is 4.98 Å². The first-order valence-electron chi connectivity index (χ1n) is 8.88. The highest BCUT2D eigenvalue weighted by molar-refractivity contribution is 5.92. The molecule has 0 bridgehead atoms. The van der Waals surface area contributed by atoms with Crippen molar-refractivity contribution >= 4 is 17.3 Å². The van der Waals surface area contributed by atoms with E-state index < -0.39 is 0 Å².